The number of para-hydroxylation sites is 1. The molecule has 0 spiro atoms. The number of hydrogen-bond donors (Lipinski definition) is 1. The van der Waals surface area contributed by atoms with Crippen molar-refractivity contribution in [3.05, 3.63) is 71.4 Å². The second-order valence-electron chi connectivity index (χ2n) is 9.43. The van der Waals surface area contributed by atoms with Crippen LogP contribution in [0.4, 0.5) is 0 Å². The predicted molar refractivity (Wildman–Crippen MR) is 138 cm³/mol. The molecule has 1 N–H and O–H groups in total. The summed E-state index contributed by atoms with van der Waals surface area (Å²) in [6.45, 7) is 1.99. The molecule has 1 aliphatic carbocycles. The molecular formula is C28H37ClN2O2. The number of rotatable bonds is 8. The number of unbranched alkanes of at least 4 members (excludes halogenated alkanes) is 1. The lowest BCUT2D eigenvalue weighted by atomic mass is 9.70. The third-order valence-electron chi connectivity index (χ3n) is 7.36. The molecule has 0 saturated heterocycles. The highest BCUT2D eigenvalue weighted by Crippen LogP contribution is 2.47. The summed E-state index contributed by atoms with van der Waals surface area (Å²) in [5.74, 6) is 0.366. The number of nitrogens with zero attached hydrogens (tertiary/aromatic N) is 1. The van der Waals surface area contributed by atoms with Crippen molar-refractivity contribution in [3.8, 4) is 0 Å². The molecule has 4 nitrogen and oxygen atoms in total. The van der Waals surface area contributed by atoms with Crippen molar-refractivity contribution in [1.29, 1.82) is 0 Å². The number of aromatic nitrogens is 1. The standard InChI is InChI=1S/C28H36N2O2.ClH/c1-21(31)32-20-10-9-14-25-24-13-7-8-15-26(24)29-27(25)22-16-18-28(19-17-22,30(2)3)23-11-5-4-6-12-23;/h4-8,11-13,15,22,29H,9-10,14,16-20H2,1-3H3;1H. The first-order valence-corrected chi connectivity index (χ1v) is 12.0. The molecule has 1 aromatic heterocycles. The van der Waals surface area contributed by atoms with E-state index >= 15 is 0 Å². The highest BCUT2D eigenvalue weighted by atomic mass is 35.5. The molecule has 2 aromatic carbocycles. The molecule has 0 amide bonds. The van der Waals surface area contributed by atoms with Gasteiger partial charge in [0.2, 0.25) is 0 Å². The fourth-order valence-electron chi connectivity index (χ4n) is 5.58. The van der Waals surface area contributed by atoms with E-state index in [0.29, 0.717) is 12.5 Å². The number of aromatic amines is 1. The average Bonchev–Trinajstić information content (AvgIpc) is 3.18. The number of esters is 1. The van der Waals surface area contributed by atoms with Crippen molar-refractivity contribution >= 4 is 29.3 Å². The number of hydrogen-bond acceptors (Lipinski definition) is 3. The van der Waals surface area contributed by atoms with Gasteiger partial charge in [0.05, 0.1) is 6.61 Å². The third kappa shape index (κ3) is 5.44. The zero-order chi connectivity index (χ0) is 22.6. The van der Waals surface area contributed by atoms with Crippen molar-refractivity contribution in [2.24, 2.45) is 0 Å². The lowest BCUT2D eigenvalue weighted by molar-refractivity contribution is -0.141. The van der Waals surface area contributed by atoms with Gasteiger partial charge in [-0.05, 0) is 82.2 Å². The largest absolute Gasteiger partial charge is 0.466 e. The quantitative estimate of drug-likeness (QED) is 0.299. The number of H-pyrrole nitrogens is 1. The van der Waals surface area contributed by atoms with Crippen LogP contribution in [-0.2, 0) is 21.5 Å². The van der Waals surface area contributed by atoms with Crippen molar-refractivity contribution < 1.29 is 9.53 Å². The summed E-state index contributed by atoms with van der Waals surface area (Å²) in [4.78, 5) is 17.3. The highest BCUT2D eigenvalue weighted by molar-refractivity contribution is 5.85. The number of carbonyl (C=O) groups is 1. The number of fused-ring (bicyclic) bond motifs is 1. The van der Waals surface area contributed by atoms with Crippen molar-refractivity contribution in [1.82, 2.24) is 9.88 Å². The van der Waals surface area contributed by atoms with Gasteiger partial charge in [-0.2, -0.15) is 0 Å². The maximum absolute atomic E-state index is 11.0. The fraction of sp³-hybridized carbons (Fsp3) is 0.464. The van der Waals surface area contributed by atoms with E-state index in [4.69, 9.17) is 4.74 Å². The molecule has 1 saturated carbocycles. The van der Waals surface area contributed by atoms with E-state index in [0.717, 1.165) is 32.1 Å². The Labute approximate surface area is 204 Å². The zero-order valence-corrected chi connectivity index (χ0v) is 20.9. The van der Waals surface area contributed by atoms with Crippen LogP contribution in [0.3, 0.4) is 0 Å². The van der Waals surface area contributed by atoms with Crippen LogP contribution in [0.15, 0.2) is 54.6 Å². The minimum absolute atomic E-state index is 0. The van der Waals surface area contributed by atoms with Gasteiger partial charge in [0, 0.05) is 29.1 Å². The van der Waals surface area contributed by atoms with Gasteiger partial charge in [-0.1, -0.05) is 48.5 Å². The number of carbonyl (C=O) groups excluding carboxylic acids is 1. The lowest BCUT2D eigenvalue weighted by Gasteiger charge is -2.45. The van der Waals surface area contributed by atoms with Crippen LogP contribution in [0, 0.1) is 0 Å². The van der Waals surface area contributed by atoms with Gasteiger partial charge in [-0.25, -0.2) is 0 Å². The first kappa shape index (κ1) is 25.3. The molecule has 1 heterocycles. The molecule has 4 rings (SSSR count). The van der Waals surface area contributed by atoms with E-state index in [1.165, 1.54) is 47.5 Å². The van der Waals surface area contributed by atoms with Crippen molar-refractivity contribution in [3.63, 3.8) is 0 Å². The molecule has 0 aliphatic heterocycles. The maximum atomic E-state index is 11.0. The van der Waals surface area contributed by atoms with Crippen molar-refractivity contribution in [2.75, 3.05) is 20.7 Å². The molecule has 0 radical (unpaired) electrons. The molecule has 0 unspecified atom stereocenters. The first-order valence-electron chi connectivity index (χ1n) is 12.0. The van der Waals surface area contributed by atoms with E-state index < -0.39 is 0 Å². The first-order chi connectivity index (χ1) is 15.5. The predicted octanol–water partition coefficient (Wildman–Crippen LogP) is 6.59. The Balaban J connectivity index is 0.00000306. The number of nitrogens with one attached hydrogen (secondary N) is 1. The molecule has 178 valence electrons. The van der Waals surface area contributed by atoms with E-state index in [1.807, 2.05) is 0 Å². The molecule has 0 atom stereocenters. The summed E-state index contributed by atoms with van der Waals surface area (Å²) < 4.78 is 5.13. The Morgan fingerprint density at radius 3 is 2.36 bits per heavy atom. The Kier molecular flexibility index (Phi) is 8.61. The minimum Gasteiger partial charge on any atom is -0.466 e. The van der Waals surface area contributed by atoms with Gasteiger partial charge in [0.25, 0.3) is 0 Å². The van der Waals surface area contributed by atoms with Crippen molar-refractivity contribution in [2.45, 2.75) is 63.3 Å². The Morgan fingerprint density at radius 1 is 1.03 bits per heavy atom. The van der Waals surface area contributed by atoms with Crippen LogP contribution >= 0.6 is 12.4 Å². The van der Waals surface area contributed by atoms with Gasteiger partial charge in [-0.15, -0.1) is 12.4 Å². The minimum atomic E-state index is -0.192. The molecule has 33 heavy (non-hydrogen) atoms. The summed E-state index contributed by atoms with van der Waals surface area (Å²) in [6.07, 6.45) is 7.64. The SMILES string of the molecule is CC(=O)OCCCCc1c(C2CCC(c3ccccc3)(N(C)C)CC2)[nH]c2ccccc12.Cl. The lowest BCUT2D eigenvalue weighted by Crippen LogP contribution is -2.44. The Hall–Kier alpha value is -2.30. The molecular weight excluding hydrogens is 432 g/mol. The number of halogens is 1. The Morgan fingerprint density at radius 2 is 1.70 bits per heavy atom. The summed E-state index contributed by atoms with van der Waals surface area (Å²) in [5, 5.41) is 1.35. The third-order valence-corrected chi connectivity index (χ3v) is 7.36. The molecule has 1 aliphatic rings. The van der Waals surface area contributed by atoms with E-state index in [1.54, 1.807) is 0 Å². The van der Waals surface area contributed by atoms with Crippen LogP contribution in [0.2, 0.25) is 0 Å². The number of benzene rings is 2. The molecule has 5 heteroatoms. The van der Waals surface area contributed by atoms with E-state index in [2.05, 4.69) is 78.6 Å². The summed E-state index contributed by atoms with van der Waals surface area (Å²) >= 11 is 0. The van der Waals surface area contributed by atoms with Gasteiger partial charge in [-0.3, -0.25) is 9.69 Å². The molecule has 0 bridgehead atoms. The topological polar surface area (TPSA) is 45.3 Å². The van der Waals surface area contributed by atoms with Crippen LogP contribution in [0.5, 0.6) is 0 Å². The summed E-state index contributed by atoms with van der Waals surface area (Å²) in [5.41, 5.74) is 5.69. The maximum Gasteiger partial charge on any atom is 0.302 e. The van der Waals surface area contributed by atoms with E-state index in [-0.39, 0.29) is 23.9 Å². The van der Waals surface area contributed by atoms with Gasteiger partial charge >= 0.3 is 5.97 Å². The average molecular weight is 469 g/mol. The van der Waals surface area contributed by atoms with Crippen LogP contribution in [-0.4, -0.2) is 36.6 Å². The van der Waals surface area contributed by atoms with Crippen LogP contribution in [0.1, 0.15) is 68.2 Å². The normalized spacial score (nSPS) is 20.5. The van der Waals surface area contributed by atoms with E-state index in [9.17, 15) is 4.79 Å². The van der Waals surface area contributed by atoms with Crippen LogP contribution in [0.25, 0.3) is 10.9 Å². The second-order valence-corrected chi connectivity index (χ2v) is 9.43. The number of ether oxygens (including phenoxy) is 1. The zero-order valence-electron chi connectivity index (χ0n) is 20.1. The Bertz CT molecular complexity index is 1040. The molecule has 1 fully saturated rings. The smallest absolute Gasteiger partial charge is 0.302 e. The monoisotopic (exact) mass is 468 g/mol. The summed E-state index contributed by atoms with van der Waals surface area (Å²) in [6, 6.07) is 19.7. The molecule has 3 aromatic rings. The van der Waals surface area contributed by atoms with Gasteiger partial charge in [0.15, 0.2) is 0 Å². The van der Waals surface area contributed by atoms with Crippen LogP contribution < -0.4 is 0 Å². The fourth-order valence-corrected chi connectivity index (χ4v) is 5.58. The number of aryl methyl sites for hydroxylation is 1. The van der Waals surface area contributed by atoms with Gasteiger partial charge in [0.1, 0.15) is 0 Å². The highest BCUT2D eigenvalue weighted by Gasteiger charge is 2.39. The van der Waals surface area contributed by atoms with Gasteiger partial charge < -0.3 is 9.72 Å². The second kappa shape index (κ2) is 11.2. The summed E-state index contributed by atoms with van der Waals surface area (Å²) in [7, 11) is 4.45.